The Kier molecular flexibility index (Phi) is 3.53. The largest absolute Gasteiger partial charge is 0.459 e. The lowest BCUT2D eigenvalue weighted by atomic mass is 10.1. The molecule has 0 aromatic rings. The Balaban J connectivity index is 2.40. The van der Waals surface area contributed by atoms with Crippen molar-refractivity contribution in [1.82, 2.24) is 0 Å². The molecular weight excluding hydrogens is 204 g/mol. The second kappa shape index (κ2) is 4.47. The van der Waals surface area contributed by atoms with Gasteiger partial charge in [0.2, 0.25) is 0 Å². The van der Waals surface area contributed by atoms with Gasteiger partial charge in [0.15, 0.2) is 9.84 Å². The summed E-state index contributed by atoms with van der Waals surface area (Å²) < 4.78 is 26.4. The molecule has 1 fully saturated rings. The molecule has 0 aromatic carbocycles. The fourth-order valence-corrected chi connectivity index (χ4v) is 3.21. The first kappa shape index (κ1) is 11.1. The monoisotopic (exact) mass is 216 g/mol. The summed E-state index contributed by atoms with van der Waals surface area (Å²) in [5.41, 5.74) is 0. The van der Waals surface area contributed by atoms with Gasteiger partial charge in [0.05, 0.1) is 18.6 Å². The number of sulfone groups is 1. The van der Waals surface area contributed by atoms with Crippen LogP contribution in [0.5, 0.6) is 0 Å². The van der Waals surface area contributed by atoms with Crippen molar-refractivity contribution in [2.45, 2.75) is 12.8 Å². The molecule has 78 valence electrons. The van der Waals surface area contributed by atoms with E-state index in [1.54, 1.807) is 0 Å². The molecule has 1 unspecified atom stereocenters. The molecule has 0 aliphatic carbocycles. The van der Waals surface area contributed by atoms with Gasteiger partial charge in [-0.15, -0.1) is 0 Å². The fourth-order valence-electron chi connectivity index (χ4n) is 1.35. The van der Waals surface area contributed by atoms with Gasteiger partial charge < -0.3 is 4.74 Å². The topological polar surface area (TPSA) is 60.4 Å². The molecule has 0 amide bonds. The summed E-state index contributed by atoms with van der Waals surface area (Å²) in [6, 6.07) is 0. The third kappa shape index (κ3) is 3.38. The van der Waals surface area contributed by atoms with Crippen LogP contribution < -0.4 is 0 Å². The molecule has 1 atom stereocenters. The number of esters is 1. The van der Waals surface area contributed by atoms with Crippen molar-refractivity contribution < 1.29 is 17.9 Å². The van der Waals surface area contributed by atoms with Crippen LogP contribution in [0.2, 0.25) is 0 Å². The average Bonchev–Trinajstić information content (AvgIpc) is 2.45. The Labute approximate surface area is 83.6 Å². The van der Waals surface area contributed by atoms with Gasteiger partial charge in [-0.1, -0.05) is 5.92 Å². The Morgan fingerprint density at radius 2 is 2.29 bits per heavy atom. The van der Waals surface area contributed by atoms with Crippen LogP contribution in [-0.4, -0.2) is 33.0 Å². The molecule has 0 spiro atoms. The quantitative estimate of drug-likeness (QED) is 0.351. The summed E-state index contributed by atoms with van der Waals surface area (Å²) in [7, 11) is -1.57. The number of carbonyl (C=O) groups excluding carboxylic acids is 1. The zero-order valence-corrected chi connectivity index (χ0v) is 8.76. The van der Waals surface area contributed by atoms with Crippen LogP contribution in [0.4, 0.5) is 0 Å². The molecular formula is C9H12O4S. The second-order valence-electron chi connectivity index (χ2n) is 3.27. The van der Waals surface area contributed by atoms with Crippen molar-refractivity contribution in [3.8, 4) is 11.8 Å². The van der Waals surface area contributed by atoms with Crippen LogP contribution in [0, 0.1) is 17.8 Å². The number of hydrogen-bond acceptors (Lipinski definition) is 4. The summed E-state index contributed by atoms with van der Waals surface area (Å²) in [4.78, 5) is 10.6. The van der Waals surface area contributed by atoms with Crippen LogP contribution in [0.15, 0.2) is 0 Å². The molecule has 1 heterocycles. The predicted octanol–water partition coefficient (Wildman–Crippen LogP) is -0.0124. The molecule has 0 radical (unpaired) electrons. The summed E-state index contributed by atoms with van der Waals surface area (Å²) in [6.45, 7) is 0. The third-order valence-electron chi connectivity index (χ3n) is 2.09. The molecule has 1 aliphatic heterocycles. The smallest absolute Gasteiger partial charge is 0.384 e. The zero-order chi connectivity index (χ0) is 10.6. The van der Waals surface area contributed by atoms with Crippen LogP contribution in [0.1, 0.15) is 12.8 Å². The van der Waals surface area contributed by atoms with Gasteiger partial charge in [-0.3, -0.25) is 0 Å². The highest BCUT2D eigenvalue weighted by atomic mass is 32.2. The molecule has 0 aromatic heterocycles. The number of methoxy groups -OCH3 is 1. The molecule has 5 heteroatoms. The molecule has 1 saturated heterocycles. The molecule has 1 rings (SSSR count). The Hall–Kier alpha value is -1.02. The minimum atomic E-state index is -2.84. The lowest BCUT2D eigenvalue weighted by Gasteiger charge is -1.98. The van der Waals surface area contributed by atoms with E-state index in [9.17, 15) is 13.2 Å². The van der Waals surface area contributed by atoms with Gasteiger partial charge in [0.25, 0.3) is 0 Å². The number of hydrogen-bond donors (Lipinski definition) is 0. The first-order valence-electron chi connectivity index (χ1n) is 4.31. The first-order chi connectivity index (χ1) is 6.53. The average molecular weight is 216 g/mol. The molecule has 0 N–H and O–H groups in total. The highest BCUT2D eigenvalue weighted by Gasteiger charge is 2.26. The van der Waals surface area contributed by atoms with Gasteiger partial charge in [0, 0.05) is 12.3 Å². The van der Waals surface area contributed by atoms with Gasteiger partial charge in [0.1, 0.15) is 0 Å². The minimum absolute atomic E-state index is 0.0807. The maximum atomic E-state index is 11.1. The Bertz CT molecular complexity index is 371. The van der Waals surface area contributed by atoms with Gasteiger partial charge in [-0.05, 0) is 12.3 Å². The van der Waals surface area contributed by atoms with Crippen LogP contribution in [-0.2, 0) is 19.4 Å². The second-order valence-corrected chi connectivity index (χ2v) is 5.50. The van der Waals surface area contributed by atoms with Crippen LogP contribution in [0.3, 0.4) is 0 Å². The van der Waals surface area contributed by atoms with E-state index in [0.717, 1.165) is 0 Å². The minimum Gasteiger partial charge on any atom is -0.459 e. The number of carbonyl (C=O) groups is 1. The lowest BCUT2D eigenvalue weighted by Crippen LogP contribution is -2.04. The van der Waals surface area contributed by atoms with E-state index >= 15 is 0 Å². The van der Waals surface area contributed by atoms with E-state index in [-0.39, 0.29) is 17.4 Å². The van der Waals surface area contributed by atoms with E-state index in [1.165, 1.54) is 7.11 Å². The summed E-state index contributed by atoms with van der Waals surface area (Å²) in [6.07, 6.45) is 1.10. The van der Waals surface area contributed by atoms with E-state index in [2.05, 4.69) is 16.6 Å². The fraction of sp³-hybridized carbons (Fsp3) is 0.667. The van der Waals surface area contributed by atoms with Crippen LogP contribution in [0.25, 0.3) is 0 Å². The lowest BCUT2D eigenvalue weighted by molar-refractivity contribution is -0.133. The highest BCUT2D eigenvalue weighted by Crippen LogP contribution is 2.20. The Morgan fingerprint density at radius 3 is 2.79 bits per heavy atom. The van der Waals surface area contributed by atoms with Crippen LogP contribution >= 0.6 is 0 Å². The zero-order valence-electron chi connectivity index (χ0n) is 7.95. The van der Waals surface area contributed by atoms with E-state index < -0.39 is 15.8 Å². The van der Waals surface area contributed by atoms with Gasteiger partial charge >= 0.3 is 5.97 Å². The summed E-state index contributed by atoms with van der Waals surface area (Å²) >= 11 is 0. The van der Waals surface area contributed by atoms with Gasteiger partial charge in [-0.2, -0.15) is 0 Å². The molecule has 0 bridgehead atoms. The third-order valence-corrected chi connectivity index (χ3v) is 3.93. The molecule has 4 nitrogen and oxygen atoms in total. The van der Waals surface area contributed by atoms with Crippen molar-refractivity contribution in [2.24, 2.45) is 5.92 Å². The van der Waals surface area contributed by atoms with E-state index in [1.807, 2.05) is 0 Å². The normalized spacial score (nSPS) is 23.6. The van der Waals surface area contributed by atoms with E-state index in [0.29, 0.717) is 12.8 Å². The number of ether oxygens (including phenoxy) is 1. The summed E-state index contributed by atoms with van der Waals surface area (Å²) in [5, 5.41) is 0. The van der Waals surface area contributed by atoms with Gasteiger partial charge in [-0.25, -0.2) is 13.2 Å². The summed E-state index contributed by atoms with van der Waals surface area (Å²) in [5.74, 6) is 4.86. The van der Waals surface area contributed by atoms with Crippen molar-refractivity contribution >= 4 is 15.8 Å². The Morgan fingerprint density at radius 1 is 1.57 bits per heavy atom. The van der Waals surface area contributed by atoms with Crippen molar-refractivity contribution in [1.29, 1.82) is 0 Å². The SMILES string of the molecule is COC(=O)C#CCC1CCS(=O)(=O)C1. The van der Waals surface area contributed by atoms with Crippen molar-refractivity contribution in [3.63, 3.8) is 0 Å². The maximum Gasteiger partial charge on any atom is 0.384 e. The molecule has 1 aliphatic rings. The maximum absolute atomic E-state index is 11.1. The standard InChI is InChI=1S/C9H12O4S/c1-13-9(10)4-2-3-8-5-6-14(11,12)7-8/h8H,3,5-7H2,1H3. The van der Waals surface area contributed by atoms with E-state index in [4.69, 9.17) is 0 Å². The molecule has 0 saturated carbocycles. The highest BCUT2D eigenvalue weighted by molar-refractivity contribution is 7.91. The molecule has 14 heavy (non-hydrogen) atoms. The van der Waals surface area contributed by atoms with Crippen molar-refractivity contribution in [2.75, 3.05) is 18.6 Å². The predicted molar refractivity (Wildman–Crippen MR) is 51.2 cm³/mol. The first-order valence-corrected chi connectivity index (χ1v) is 6.13. The number of rotatable bonds is 1. The van der Waals surface area contributed by atoms with Crippen molar-refractivity contribution in [3.05, 3.63) is 0 Å².